The molecule has 1 atom stereocenters. The number of ether oxygens (including phenoxy) is 1. The minimum atomic E-state index is -4.44. The van der Waals surface area contributed by atoms with Gasteiger partial charge in [-0.3, -0.25) is 0 Å². The molecule has 1 aliphatic heterocycles. The lowest BCUT2D eigenvalue weighted by molar-refractivity contribution is -0.139. The van der Waals surface area contributed by atoms with Gasteiger partial charge in [-0.05, 0) is 13.0 Å². The van der Waals surface area contributed by atoms with Crippen molar-refractivity contribution in [3.8, 4) is 0 Å². The van der Waals surface area contributed by atoms with E-state index in [9.17, 15) is 18.0 Å². The minimum Gasteiger partial charge on any atom is -0.439 e. The normalized spacial score (nSPS) is 20.1. The van der Waals surface area contributed by atoms with Crippen LogP contribution >= 0.6 is 0 Å². The first-order chi connectivity index (χ1) is 8.43. The van der Waals surface area contributed by atoms with Crippen LogP contribution in [0, 0.1) is 0 Å². The molecule has 0 N–H and O–H groups in total. The molecule has 0 bridgehead atoms. The standard InChI is InChI=1S/C12H12F3NO2/c1-2-16-7-10(18-11(16)17)8-5-3-4-6-9(8)12(13,14)15/h3-6,10H,2,7H2,1H3. The van der Waals surface area contributed by atoms with Crippen LogP contribution in [0.1, 0.15) is 24.2 Å². The van der Waals surface area contributed by atoms with E-state index in [1.807, 2.05) is 0 Å². The van der Waals surface area contributed by atoms with Crippen molar-refractivity contribution >= 4 is 6.09 Å². The van der Waals surface area contributed by atoms with E-state index < -0.39 is 23.9 Å². The van der Waals surface area contributed by atoms with Crippen molar-refractivity contribution in [3.63, 3.8) is 0 Å². The Bertz CT molecular complexity index is 459. The molecule has 1 aromatic rings. The van der Waals surface area contributed by atoms with Crippen molar-refractivity contribution in [3.05, 3.63) is 35.4 Å². The molecule has 1 unspecified atom stereocenters. The maximum atomic E-state index is 12.8. The van der Waals surface area contributed by atoms with E-state index >= 15 is 0 Å². The average molecular weight is 259 g/mol. The molecule has 0 spiro atoms. The second-order valence-electron chi connectivity index (χ2n) is 4.00. The lowest BCUT2D eigenvalue weighted by Gasteiger charge is -2.16. The molecule has 3 nitrogen and oxygen atoms in total. The van der Waals surface area contributed by atoms with Crippen LogP contribution in [-0.2, 0) is 10.9 Å². The highest BCUT2D eigenvalue weighted by molar-refractivity contribution is 5.70. The third kappa shape index (κ3) is 2.27. The number of hydrogen-bond donors (Lipinski definition) is 0. The lowest BCUT2D eigenvalue weighted by atomic mass is 10.0. The number of hydrogen-bond acceptors (Lipinski definition) is 2. The Morgan fingerprint density at radius 3 is 2.61 bits per heavy atom. The number of carbonyl (C=O) groups excluding carboxylic acids is 1. The number of amides is 1. The number of nitrogens with zero attached hydrogens (tertiary/aromatic N) is 1. The van der Waals surface area contributed by atoms with Gasteiger partial charge in [-0.2, -0.15) is 13.2 Å². The van der Waals surface area contributed by atoms with Gasteiger partial charge in [-0.1, -0.05) is 18.2 Å². The monoisotopic (exact) mass is 259 g/mol. The van der Waals surface area contributed by atoms with Crippen molar-refractivity contribution in [2.75, 3.05) is 13.1 Å². The summed E-state index contributed by atoms with van der Waals surface area (Å²) < 4.78 is 43.4. The Kier molecular flexibility index (Phi) is 3.19. The molecule has 1 amide bonds. The van der Waals surface area contributed by atoms with Gasteiger partial charge in [0.2, 0.25) is 0 Å². The highest BCUT2D eigenvalue weighted by atomic mass is 19.4. The summed E-state index contributed by atoms with van der Waals surface area (Å²) in [5, 5.41) is 0. The third-order valence-corrected chi connectivity index (χ3v) is 2.88. The number of likely N-dealkylation sites (N-methyl/N-ethyl adjacent to an activating group) is 1. The first kappa shape index (κ1) is 12.7. The van der Waals surface area contributed by atoms with Gasteiger partial charge in [0.15, 0.2) is 0 Å². The summed E-state index contributed by atoms with van der Waals surface area (Å²) in [4.78, 5) is 12.7. The fourth-order valence-electron chi connectivity index (χ4n) is 1.96. The summed E-state index contributed by atoms with van der Waals surface area (Å²) >= 11 is 0. The second-order valence-corrected chi connectivity index (χ2v) is 4.00. The van der Waals surface area contributed by atoms with E-state index in [0.29, 0.717) is 6.54 Å². The van der Waals surface area contributed by atoms with Gasteiger partial charge in [0.1, 0.15) is 6.10 Å². The number of cyclic esters (lactones) is 1. The Balaban J connectivity index is 2.33. The molecule has 1 fully saturated rings. The quantitative estimate of drug-likeness (QED) is 0.816. The van der Waals surface area contributed by atoms with Gasteiger partial charge in [0, 0.05) is 12.1 Å². The van der Waals surface area contributed by atoms with Crippen molar-refractivity contribution < 1.29 is 22.7 Å². The van der Waals surface area contributed by atoms with Crippen LogP contribution in [0.2, 0.25) is 0 Å². The van der Waals surface area contributed by atoms with Crippen molar-refractivity contribution in [2.45, 2.75) is 19.2 Å². The number of benzene rings is 1. The van der Waals surface area contributed by atoms with E-state index in [4.69, 9.17) is 4.74 Å². The minimum absolute atomic E-state index is 0.00861. The maximum absolute atomic E-state index is 12.8. The molecule has 0 radical (unpaired) electrons. The zero-order valence-electron chi connectivity index (χ0n) is 9.70. The molecule has 0 saturated carbocycles. The van der Waals surface area contributed by atoms with Crippen LogP contribution < -0.4 is 0 Å². The van der Waals surface area contributed by atoms with Gasteiger partial charge < -0.3 is 9.64 Å². The van der Waals surface area contributed by atoms with Gasteiger partial charge in [0.05, 0.1) is 12.1 Å². The predicted molar refractivity (Wildman–Crippen MR) is 57.9 cm³/mol. The number of carbonyl (C=O) groups is 1. The molecule has 1 aliphatic rings. The molecule has 1 saturated heterocycles. The molecule has 1 aromatic carbocycles. The van der Waals surface area contributed by atoms with Crippen LogP contribution in [-0.4, -0.2) is 24.1 Å². The predicted octanol–water partition coefficient (Wildman–Crippen LogP) is 3.22. The Labute approximate surface area is 102 Å². The summed E-state index contributed by atoms with van der Waals surface area (Å²) in [5.41, 5.74) is -0.741. The first-order valence-corrected chi connectivity index (χ1v) is 5.55. The number of halogens is 3. The molecule has 18 heavy (non-hydrogen) atoms. The van der Waals surface area contributed by atoms with Gasteiger partial charge in [-0.25, -0.2) is 4.79 Å². The molecular formula is C12H12F3NO2. The molecule has 98 valence electrons. The summed E-state index contributed by atoms with van der Waals surface area (Å²) in [5.74, 6) is 0. The van der Waals surface area contributed by atoms with Crippen LogP contribution in [0.4, 0.5) is 18.0 Å². The summed E-state index contributed by atoms with van der Waals surface area (Å²) in [6, 6.07) is 5.17. The molecule has 0 aliphatic carbocycles. The third-order valence-electron chi connectivity index (χ3n) is 2.88. The topological polar surface area (TPSA) is 29.5 Å². The van der Waals surface area contributed by atoms with E-state index in [-0.39, 0.29) is 12.1 Å². The van der Waals surface area contributed by atoms with Gasteiger partial charge in [-0.15, -0.1) is 0 Å². The highest BCUT2D eigenvalue weighted by Crippen LogP contribution is 2.37. The van der Waals surface area contributed by atoms with E-state index in [1.54, 1.807) is 6.92 Å². The van der Waals surface area contributed by atoms with Crippen molar-refractivity contribution in [1.29, 1.82) is 0 Å². The van der Waals surface area contributed by atoms with Crippen LogP contribution in [0.5, 0.6) is 0 Å². The van der Waals surface area contributed by atoms with Crippen LogP contribution in [0.25, 0.3) is 0 Å². The van der Waals surface area contributed by atoms with E-state index in [1.165, 1.54) is 23.1 Å². The van der Waals surface area contributed by atoms with E-state index in [2.05, 4.69) is 0 Å². The molecule has 1 heterocycles. The molecule has 0 aromatic heterocycles. The zero-order valence-corrected chi connectivity index (χ0v) is 9.70. The fraction of sp³-hybridized carbons (Fsp3) is 0.417. The largest absolute Gasteiger partial charge is 0.439 e. The first-order valence-electron chi connectivity index (χ1n) is 5.55. The van der Waals surface area contributed by atoms with Crippen LogP contribution in [0.3, 0.4) is 0 Å². The summed E-state index contributed by atoms with van der Waals surface area (Å²) in [6.45, 7) is 2.32. The number of alkyl halides is 3. The Morgan fingerprint density at radius 2 is 2.06 bits per heavy atom. The number of rotatable bonds is 2. The highest BCUT2D eigenvalue weighted by Gasteiger charge is 2.39. The fourth-order valence-corrected chi connectivity index (χ4v) is 1.96. The Hall–Kier alpha value is -1.72. The maximum Gasteiger partial charge on any atom is 0.416 e. The smallest absolute Gasteiger partial charge is 0.416 e. The Morgan fingerprint density at radius 1 is 1.39 bits per heavy atom. The summed E-state index contributed by atoms with van der Waals surface area (Å²) in [6.07, 6.45) is -5.86. The molecule has 6 heteroatoms. The van der Waals surface area contributed by atoms with Gasteiger partial charge in [0.25, 0.3) is 0 Å². The lowest BCUT2D eigenvalue weighted by Crippen LogP contribution is -2.23. The molecular weight excluding hydrogens is 247 g/mol. The van der Waals surface area contributed by atoms with Crippen molar-refractivity contribution in [2.24, 2.45) is 0 Å². The zero-order chi connectivity index (χ0) is 13.3. The summed E-state index contributed by atoms with van der Waals surface area (Å²) in [7, 11) is 0. The van der Waals surface area contributed by atoms with Crippen molar-refractivity contribution in [1.82, 2.24) is 4.90 Å². The van der Waals surface area contributed by atoms with Crippen LogP contribution in [0.15, 0.2) is 24.3 Å². The second kappa shape index (κ2) is 4.51. The van der Waals surface area contributed by atoms with Gasteiger partial charge >= 0.3 is 12.3 Å². The van der Waals surface area contributed by atoms with E-state index in [0.717, 1.165) is 6.07 Å². The average Bonchev–Trinajstić information content (AvgIpc) is 2.69. The molecule has 2 rings (SSSR count). The SMILES string of the molecule is CCN1CC(c2ccccc2C(F)(F)F)OC1=O.